The molecule has 0 atom stereocenters. The van der Waals surface area contributed by atoms with Crippen molar-refractivity contribution in [2.24, 2.45) is 5.92 Å². The number of carbonyl (C=O) groups is 2. The Morgan fingerprint density at radius 2 is 1.96 bits per heavy atom. The van der Waals surface area contributed by atoms with E-state index in [2.05, 4.69) is 28.7 Å². The molecule has 2 fully saturated rings. The van der Waals surface area contributed by atoms with Crippen LogP contribution in [0.4, 0.5) is 16.6 Å². The molecule has 0 aromatic carbocycles. The van der Waals surface area contributed by atoms with E-state index in [1.165, 1.54) is 4.90 Å². The molecule has 0 unspecified atom stereocenters. The molecule has 24 heavy (non-hydrogen) atoms. The van der Waals surface area contributed by atoms with E-state index in [0.29, 0.717) is 38.4 Å². The van der Waals surface area contributed by atoms with Crippen LogP contribution in [0.15, 0.2) is 12.3 Å². The molecule has 2 aliphatic heterocycles. The van der Waals surface area contributed by atoms with Gasteiger partial charge < -0.3 is 15.5 Å². The van der Waals surface area contributed by atoms with Crippen LogP contribution in [0.1, 0.15) is 26.7 Å². The highest BCUT2D eigenvalue weighted by Crippen LogP contribution is 2.38. The first-order valence-electron chi connectivity index (χ1n) is 8.28. The Morgan fingerprint density at radius 1 is 1.29 bits per heavy atom. The van der Waals surface area contributed by atoms with Crippen molar-refractivity contribution in [2.75, 3.05) is 37.3 Å². The van der Waals surface area contributed by atoms with Crippen LogP contribution in [0.25, 0.3) is 0 Å². The molecule has 3 heterocycles. The highest BCUT2D eigenvalue weighted by molar-refractivity contribution is 6.06. The summed E-state index contributed by atoms with van der Waals surface area (Å²) >= 11 is 0. The summed E-state index contributed by atoms with van der Waals surface area (Å²) in [6.07, 6.45) is 2.82. The zero-order chi connectivity index (χ0) is 17.5. The number of rotatable bonds is 3. The minimum atomic E-state index is -0.717. The van der Waals surface area contributed by atoms with Crippen LogP contribution < -0.4 is 10.6 Å². The van der Waals surface area contributed by atoms with Crippen molar-refractivity contribution in [3.05, 3.63) is 12.3 Å². The molecular formula is C16H24N6O2. The van der Waals surface area contributed by atoms with E-state index in [4.69, 9.17) is 5.73 Å². The van der Waals surface area contributed by atoms with Crippen LogP contribution in [0.5, 0.6) is 0 Å². The van der Waals surface area contributed by atoms with E-state index < -0.39 is 5.54 Å². The third-order valence-corrected chi connectivity index (χ3v) is 4.86. The average molecular weight is 332 g/mol. The first-order chi connectivity index (χ1) is 11.3. The van der Waals surface area contributed by atoms with Crippen molar-refractivity contribution in [3.63, 3.8) is 0 Å². The molecule has 8 heteroatoms. The SMILES string of the molecule is CC(C)CN1C(=O)N(C)C(=O)C12CCN(c1ccnc(N)n1)CC2. The quantitative estimate of drug-likeness (QED) is 0.828. The Kier molecular flexibility index (Phi) is 4.06. The van der Waals surface area contributed by atoms with Gasteiger partial charge in [-0.3, -0.25) is 9.69 Å². The minimum absolute atomic E-state index is 0.0880. The van der Waals surface area contributed by atoms with E-state index in [9.17, 15) is 9.59 Å². The summed E-state index contributed by atoms with van der Waals surface area (Å²) in [5, 5.41) is 0. The first-order valence-corrected chi connectivity index (χ1v) is 8.28. The lowest BCUT2D eigenvalue weighted by Crippen LogP contribution is -2.57. The van der Waals surface area contributed by atoms with Gasteiger partial charge in [0.05, 0.1) is 0 Å². The number of aromatic nitrogens is 2. The van der Waals surface area contributed by atoms with Gasteiger partial charge in [-0.25, -0.2) is 9.78 Å². The minimum Gasteiger partial charge on any atom is -0.368 e. The fourth-order valence-electron chi connectivity index (χ4n) is 3.63. The largest absolute Gasteiger partial charge is 0.368 e. The fraction of sp³-hybridized carbons (Fsp3) is 0.625. The molecule has 2 saturated heterocycles. The van der Waals surface area contributed by atoms with Crippen LogP contribution in [-0.2, 0) is 4.79 Å². The van der Waals surface area contributed by atoms with Gasteiger partial charge in [-0.15, -0.1) is 0 Å². The second kappa shape index (κ2) is 5.92. The fourth-order valence-corrected chi connectivity index (χ4v) is 3.63. The molecule has 2 N–H and O–H groups in total. The normalized spacial score (nSPS) is 20.6. The number of amides is 3. The molecule has 1 aromatic rings. The average Bonchev–Trinajstić information content (AvgIpc) is 2.72. The Bertz CT molecular complexity index is 654. The zero-order valence-electron chi connectivity index (χ0n) is 14.4. The maximum Gasteiger partial charge on any atom is 0.327 e. The number of nitrogens with zero attached hydrogens (tertiary/aromatic N) is 5. The number of urea groups is 1. The second-order valence-electron chi connectivity index (χ2n) is 6.94. The third kappa shape index (κ3) is 2.55. The molecule has 1 aromatic heterocycles. The topological polar surface area (TPSA) is 95.7 Å². The summed E-state index contributed by atoms with van der Waals surface area (Å²) in [5.74, 6) is 1.22. The lowest BCUT2D eigenvalue weighted by atomic mass is 9.85. The van der Waals surface area contributed by atoms with Gasteiger partial charge in [0.25, 0.3) is 5.91 Å². The highest BCUT2D eigenvalue weighted by Gasteiger charge is 2.56. The van der Waals surface area contributed by atoms with E-state index in [0.717, 1.165) is 5.82 Å². The number of likely N-dealkylation sites (N-methyl/N-ethyl adjacent to an activating group) is 1. The van der Waals surface area contributed by atoms with Gasteiger partial charge in [-0.1, -0.05) is 13.8 Å². The standard InChI is InChI=1S/C16H24N6O2/c1-11(2)10-22-15(24)20(3)13(23)16(22)5-8-21(9-6-16)12-4-7-18-14(17)19-12/h4,7,11H,5-6,8-10H2,1-3H3,(H2,17,18,19). The number of anilines is 2. The Labute approximate surface area is 141 Å². The van der Waals surface area contributed by atoms with Gasteiger partial charge in [0.2, 0.25) is 5.95 Å². The lowest BCUT2D eigenvalue weighted by molar-refractivity contribution is -0.133. The second-order valence-corrected chi connectivity index (χ2v) is 6.94. The number of piperidine rings is 1. The van der Waals surface area contributed by atoms with Crippen molar-refractivity contribution in [3.8, 4) is 0 Å². The van der Waals surface area contributed by atoms with E-state index >= 15 is 0 Å². The number of nitrogen functional groups attached to an aromatic ring is 1. The van der Waals surface area contributed by atoms with Crippen molar-refractivity contribution < 1.29 is 9.59 Å². The number of carbonyl (C=O) groups excluding carboxylic acids is 2. The third-order valence-electron chi connectivity index (χ3n) is 4.86. The highest BCUT2D eigenvalue weighted by atomic mass is 16.2. The summed E-state index contributed by atoms with van der Waals surface area (Å²) in [4.78, 5) is 38.6. The Morgan fingerprint density at radius 3 is 2.54 bits per heavy atom. The van der Waals surface area contributed by atoms with Gasteiger partial charge in [0, 0.05) is 32.9 Å². The Hall–Kier alpha value is -2.38. The van der Waals surface area contributed by atoms with Gasteiger partial charge in [0.1, 0.15) is 11.4 Å². The molecule has 0 radical (unpaired) electrons. The summed E-state index contributed by atoms with van der Waals surface area (Å²) in [6, 6.07) is 1.63. The smallest absolute Gasteiger partial charge is 0.327 e. The van der Waals surface area contributed by atoms with Crippen LogP contribution in [0.3, 0.4) is 0 Å². The van der Waals surface area contributed by atoms with Crippen molar-refractivity contribution >= 4 is 23.7 Å². The lowest BCUT2D eigenvalue weighted by Gasteiger charge is -2.43. The molecule has 3 rings (SSSR count). The summed E-state index contributed by atoms with van der Waals surface area (Å²) in [6.45, 7) is 6.01. The molecule has 3 amide bonds. The number of nitrogens with two attached hydrogens (primary N) is 1. The van der Waals surface area contributed by atoms with Gasteiger partial charge in [0.15, 0.2) is 0 Å². The van der Waals surface area contributed by atoms with Crippen LogP contribution in [-0.4, -0.2) is 63.9 Å². The Balaban J connectivity index is 1.81. The molecule has 130 valence electrons. The molecule has 8 nitrogen and oxygen atoms in total. The molecule has 2 aliphatic rings. The number of imide groups is 1. The summed E-state index contributed by atoms with van der Waals surface area (Å²) in [5.41, 5.74) is 4.94. The monoisotopic (exact) mass is 332 g/mol. The van der Waals surface area contributed by atoms with Crippen LogP contribution in [0.2, 0.25) is 0 Å². The van der Waals surface area contributed by atoms with Crippen LogP contribution in [0, 0.1) is 5.92 Å². The van der Waals surface area contributed by atoms with Crippen LogP contribution >= 0.6 is 0 Å². The molecule has 0 aliphatic carbocycles. The molecule has 0 saturated carbocycles. The number of hydrogen-bond acceptors (Lipinski definition) is 6. The van der Waals surface area contributed by atoms with Crippen molar-refractivity contribution in [2.45, 2.75) is 32.2 Å². The first kappa shape index (κ1) is 16.5. The predicted octanol–water partition coefficient (Wildman–Crippen LogP) is 0.948. The van der Waals surface area contributed by atoms with E-state index in [1.807, 2.05) is 6.07 Å². The van der Waals surface area contributed by atoms with E-state index in [-0.39, 0.29) is 17.9 Å². The predicted molar refractivity (Wildman–Crippen MR) is 90.3 cm³/mol. The zero-order valence-corrected chi connectivity index (χ0v) is 14.4. The summed E-state index contributed by atoms with van der Waals surface area (Å²) < 4.78 is 0. The summed E-state index contributed by atoms with van der Waals surface area (Å²) in [7, 11) is 1.57. The van der Waals surface area contributed by atoms with Gasteiger partial charge >= 0.3 is 6.03 Å². The molecule has 1 spiro atoms. The van der Waals surface area contributed by atoms with Gasteiger partial charge in [-0.05, 0) is 24.8 Å². The van der Waals surface area contributed by atoms with Crippen molar-refractivity contribution in [1.29, 1.82) is 0 Å². The molecule has 0 bridgehead atoms. The maximum absolute atomic E-state index is 12.8. The van der Waals surface area contributed by atoms with Gasteiger partial charge in [-0.2, -0.15) is 4.98 Å². The number of hydrogen-bond donors (Lipinski definition) is 1. The molecular weight excluding hydrogens is 308 g/mol. The van der Waals surface area contributed by atoms with E-state index in [1.54, 1.807) is 18.1 Å². The maximum atomic E-state index is 12.8. The van der Waals surface area contributed by atoms with Crippen molar-refractivity contribution in [1.82, 2.24) is 19.8 Å².